The van der Waals surface area contributed by atoms with Crippen LogP contribution in [0, 0.1) is 5.92 Å². The van der Waals surface area contributed by atoms with Crippen LogP contribution in [0.5, 0.6) is 0 Å². The third kappa shape index (κ3) is 4.07. The van der Waals surface area contributed by atoms with Gasteiger partial charge in [-0.05, 0) is 42.7 Å². The average molecular weight is 275 g/mol. The quantitative estimate of drug-likeness (QED) is 0.866. The molecule has 1 amide bonds. The fourth-order valence-corrected chi connectivity index (χ4v) is 2.83. The second-order valence-electron chi connectivity index (χ2n) is 5.68. The molecule has 1 heterocycles. The molecule has 20 heavy (non-hydrogen) atoms. The zero-order valence-electron chi connectivity index (χ0n) is 12.3. The molecule has 0 radical (unpaired) electrons. The van der Waals surface area contributed by atoms with Gasteiger partial charge in [0.2, 0.25) is 5.91 Å². The Hall–Kier alpha value is -1.35. The maximum atomic E-state index is 12.2. The first-order valence-electron chi connectivity index (χ1n) is 7.69. The van der Waals surface area contributed by atoms with Crippen LogP contribution in [0.3, 0.4) is 0 Å². The van der Waals surface area contributed by atoms with E-state index in [0.717, 1.165) is 38.8 Å². The Morgan fingerprint density at radius 2 is 2.00 bits per heavy atom. The van der Waals surface area contributed by atoms with E-state index in [1.165, 1.54) is 11.1 Å². The van der Waals surface area contributed by atoms with Crippen molar-refractivity contribution in [2.24, 2.45) is 5.92 Å². The Morgan fingerprint density at radius 1 is 1.30 bits per heavy atom. The summed E-state index contributed by atoms with van der Waals surface area (Å²) in [6, 6.07) is 8.55. The van der Waals surface area contributed by atoms with Gasteiger partial charge in [0.25, 0.3) is 0 Å². The average Bonchev–Trinajstić information content (AvgIpc) is 2.94. The van der Waals surface area contributed by atoms with E-state index in [1.54, 1.807) is 0 Å². The molecule has 1 atom stereocenters. The minimum absolute atomic E-state index is 0.233. The molecule has 1 fully saturated rings. The Balaban J connectivity index is 1.77. The van der Waals surface area contributed by atoms with Crippen molar-refractivity contribution in [1.29, 1.82) is 0 Å². The number of aryl methyl sites for hydroxylation is 2. The second-order valence-corrected chi connectivity index (χ2v) is 5.68. The second kappa shape index (κ2) is 7.44. The molecule has 1 unspecified atom stereocenters. The van der Waals surface area contributed by atoms with Crippen LogP contribution in [0.1, 0.15) is 37.3 Å². The SMILES string of the molecule is CCc1ccc(CCC(=O)N2CCC(CCO)C2)cc1. The van der Waals surface area contributed by atoms with E-state index < -0.39 is 0 Å². The number of nitrogens with zero attached hydrogens (tertiary/aromatic N) is 1. The minimum atomic E-state index is 0.233. The minimum Gasteiger partial charge on any atom is -0.396 e. The predicted molar refractivity (Wildman–Crippen MR) is 80.5 cm³/mol. The van der Waals surface area contributed by atoms with Crippen LogP contribution in [-0.2, 0) is 17.6 Å². The first-order valence-corrected chi connectivity index (χ1v) is 7.69. The van der Waals surface area contributed by atoms with Crippen molar-refractivity contribution in [3.63, 3.8) is 0 Å². The number of aliphatic hydroxyl groups excluding tert-OH is 1. The Morgan fingerprint density at radius 3 is 2.65 bits per heavy atom. The zero-order valence-corrected chi connectivity index (χ0v) is 12.3. The van der Waals surface area contributed by atoms with Crippen LogP contribution < -0.4 is 0 Å². The highest BCUT2D eigenvalue weighted by Crippen LogP contribution is 2.20. The molecule has 1 aromatic carbocycles. The maximum absolute atomic E-state index is 12.2. The topological polar surface area (TPSA) is 40.5 Å². The van der Waals surface area contributed by atoms with Crippen LogP contribution in [0.2, 0.25) is 0 Å². The molecule has 1 saturated heterocycles. The summed E-state index contributed by atoms with van der Waals surface area (Å²) < 4.78 is 0. The lowest BCUT2D eigenvalue weighted by atomic mass is 10.1. The fraction of sp³-hybridized carbons (Fsp3) is 0.588. The molecule has 2 rings (SSSR count). The van der Waals surface area contributed by atoms with E-state index in [1.807, 2.05) is 4.90 Å². The third-order valence-electron chi connectivity index (χ3n) is 4.23. The van der Waals surface area contributed by atoms with Crippen LogP contribution >= 0.6 is 0 Å². The van der Waals surface area contributed by atoms with Crippen molar-refractivity contribution in [1.82, 2.24) is 4.90 Å². The predicted octanol–water partition coefficient (Wildman–Crippen LogP) is 2.41. The van der Waals surface area contributed by atoms with E-state index in [0.29, 0.717) is 12.3 Å². The highest BCUT2D eigenvalue weighted by atomic mass is 16.3. The van der Waals surface area contributed by atoms with E-state index in [4.69, 9.17) is 5.11 Å². The molecule has 1 aliphatic rings. The van der Waals surface area contributed by atoms with E-state index >= 15 is 0 Å². The van der Waals surface area contributed by atoms with Crippen molar-refractivity contribution in [3.8, 4) is 0 Å². The summed E-state index contributed by atoms with van der Waals surface area (Å²) in [5, 5.41) is 8.94. The van der Waals surface area contributed by atoms with E-state index in [-0.39, 0.29) is 12.5 Å². The molecule has 3 heteroatoms. The molecular weight excluding hydrogens is 250 g/mol. The number of rotatable bonds is 6. The van der Waals surface area contributed by atoms with Crippen molar-refractivity contribution in [2.45, 2.75) is 39.0 Å². The maximum Gasteiger partial charge on any atom is 0.222 e. The molecule has 0 spiro atoms. The molecule has 0 aromatic heterocycles. The molecule has 0 saturated carbocycles. The number of aliphatic hydroxyl groups is 1. The van der Waals surface area contributed by atoms with Gasteiger partial charge in [0.05, 0.1) is 0 Å². The van der Waals surface area contributed by atoms with Crippen molar-refractivity contribution < 1.29 is 9.90 Å². The molecule has 0 bridgehead atoms. The smallest absolute Gasteiger partial charge is 0.222 e. The summed E-state index contributed by atoms with van der Waals surface area (Å²) in [5.41, 5.74) is 2.58. The number of carbonyl (C=O) groups is 1. The molecule has 110 valence electrons. The number of hydrogen-bond donors (Lipinski definition) is 1. The summed E-state index contributed by atoms with van der Waals surface area (Å²) in [7, 11) is 0. The lowest BCUT2D eigenvalue weighted by Gasteiger charge is -2.16. The first kappa shape index (κ1) is 15.0. The number of benzene rings is 1. The van der Waals surface area contributed by atoms with Gasteiger partial charge in [-0.3, -0.25) is 4.79 Å². The molecular formula is C17H25NO2. The van der Waals surface area contributed by atoms with Crippen LogP contribution in [0.25, 0.3) is 0 Å². The van der Waals surface area contributed by atoms with E-state index in [9.17, 15) is 4.79 Å². The highest BCUT2D eigenvalue weighted by Gasteiger charge is 2.25. The van der Waals surface area contributed by atoms with Gasteiger partial charge in [0.1, 0.15) is 0 Å². The Kier molecular flexibility index (Phi) is 5.60. The van der Waals surface area contributed by atoms with Gasteiger partial charge in [-0.25, -0.2) is 0 Å². The normalized spacial score (nSPS) is 18.5. The van der Waals surface area contributed by atoms with E-state index in [2.05, 4.69) is 31.2 Å². The lowest BCUT2D eigenvalue weighted by molar-refractivity contribution is -0.130. The summed E-state index contributed by atoms with van der Waals surface area (Å²) in [4.78, 5) is 14.1. The van der Waals surface area contributed by atoms with Crippen molar-refractivity contribution in [2.75, 3.05) is 19.7 Å². The standard InChI is InChI=1S/C17H25NO2/c1-2-14-3-5-15(6-4-14)7-8-17(20)18-11-9-16(13-18)10-12-19/h3-6,16,19H,2,7-13H2,1H3. The first-order chi connectivity index (χ1) is 9.72. The Bertz CT molecular complexity index is 427. The van der Waals surface area contributed by atoms with Gasteiger partial charge in [-0.15, -0.1) is 0 Å². The van der Waals surface area contributed by atoms with Crippen LogP contribution in [0.15, 0.2) is 24.3 Å². The van der Waals surface area contributed by atoms with Crippen LogP contribution in [0.4, 0.5) is 0 Å². The largest absolute Gasteiger partial charge is 0.396 e. The van der Waals surface area contributed by atoms with Crippen LogP contribution in [-0.4, -0.2) is 35.6 Å². The van der Waals surface area contributed by atoms with Gasteiger partial charge in [-0.1, -0.05) is 31.2 Å². The molecule has 1 aliphatic heterocycles. The van der Waals surface area contributed by atoms with Crippen molar-refractivity contribution in [3.05, 3.63) is 35.4 Å². The number of amides is 1. The zero-order chi connectivity index (χ0) is 14.4. The number of likely N-dealkylation sites (tertiary alicyclic amines) is 1. The highest BCUT2D eigenvalue weighted by molar-refractivity contribution is 5.76. The lowest BCUT2D eigenvalue weighted by Crippen LogP contribution is -2.29. The van der Waals surface area contributed by atoms with Gasteiger partial charge in [0, 0.05) is 26.1 Å². The fourth-order valence-electron chi connectivity index (χ4n) is 2.83. The summed E-state index contributed by atoms with van der Waals surface area (Å²) in [6.45, 7) is 4.07. The molecule has 1 aromatic rings. The van der Waals surface area contributed by atoms with Gasteiger partial charge >= 0.3 is 0 Å². The van der Waals surface area contributed by atoms with Crippen molar-refractivity contribution >= 4 is 5.91 Å². The Labute approximate surface area is 121 Å². The molecule has 1 N–H and O–H groups in total. The molecule has 0 aliphatic carbocycles. The van der Waals surface area contributed by atoms with Gasteiger partial charge in [-0.2, -0.15) is 0 Å². The molecule has 3 nitrogen and oxygen atoms in total. The van der Waals surface area contributed by atoms with Gasteiger partial charge < -0.3 is 10.0 Å². The summed E-state index contributed by atoms with van der Waals surface area (Å²) >= 11 is 0. The van der Waals surface area contributed by atoms with Gasteiger partial charge in [0.15, 0.2) is 0 Å². The number of carbonyl (C=O) groups excluding carboxylic acids is 1. The summed E-state index contributed by atoms with van der Waals surface area (Å²) in [5.74, 6) is 0.748. The third-order valence-corrected chi connectivity index (χ3v) is 4.23. The monoisotopic (exact) mass is 275 g/mol. The summed E-state index contributed by atoms with van der Waals surface area (Å²) in [6.07, 6.45) is 4.33. The number of hydrogen-bond acceptors (Lipinski definition) is 2.